The van der Waals surface area contributed by atoms with Crippen LogP contribution in [0, 0.1) is 0 Å². The van der Waals surface area contributed by atoms with Crippen molar-refractivity contribution in [2.24, 2.45) is 0 Å². The minimum atomic E-state index is 1.12. The lowest BCUT2D eigenvalue weighted by atomic mass is 9.93. The lowest BCUT2D eigenvalue weighted by Crippen LogP contribution is -2.11. The maximum Gasteiger partial charge on any atom is 0.0540 e. The molecule has 1 aromatic heterocycles. The molecule has 0 bridgehead atoms. The van der Waals surface area contributed by atoms with Gasteiger partial charge in [-0.1, -0.05) is 146 Å². The fourth-order valence-electron chi connectivity index (χ4n) is 7.67. The molecule has 0 fully saturated rings. The van der Waals surface area contributed by atoms with E-state index in [4.69, 9.17) is 0 Å². The van der Waals surface area contributed by atoms with Gasteiger partial charge in [0.25, 0.3) is 0 Å². The van der Waals surface area contributed by atoms with Crippen molar-refractivity contribution in [3.8, 4) is 22.3 Å². The molecule has 1 nitrogen and oxygen atoms in total. The highest BCUT2D eigenvalue weighted by atomic mass is 32.1. The van der Waals surface area contributed by atoms with E-state index < -0.39 is 0 Å². The molecule has 2 heteroatoms. The van der Waals surface area contributed by atoms with E-state index in [1.807, 2.05) is 11.3 Å². The van der Waals surface area contributed by atoms with Crippen LogP contribution < -0.4 is 4.90 Å². The summed E-state index contributed by atoms with van der Waals surface area (Å²) in [5, 5.41) is 10.3. The zero-order valence-corrected chi connectivity index (χ0v) is 28.1. The second-order valence-corrected chi connectivity index (χ2v) is 14.0. The fraction of sp³-hybridized carbons (Fsp3) is 0. The fourth-order valence-corrected chi connectivity index (χ4v) is 8.90. The Morgan fingerprint density at radius 1 is 0.340 bits per heavy atom. The Morgan fingerprint density at radius 3 is 1.84 bits per heavy atom. The second kappa shape index (κ2) is 11.7. The molecule has 0 aliphatic rings. The summed E-state index contributed by atoms with van der Waals surface area (Å²) in [4.78, 5) is 2.43. The maximum absolute atomic E-state index is 2.43. The van der Waals surface area contributed by atoms with Crippen molar-refractivity contribution in [3.05, 3.63) is 188 Å². The van der Waals surface area contributed by atoms with Gasteiger partial charge in [-0.05, 0) is 86.1 Å². The largest absolute Gasteiger partial charge is 0.310 e. The van der Waals surface area contributed by atoms with Crippen molar-refractivity contribution in [2.45, 2.75) is 0 Å². The van der Waals surface area contributed by atoms with Crippen molar-refractivity contribution in [1.29, 1.82) is 0 Å². The van der Waals surface area contributed by atoms with Crippen LogP contribution in [0.3, 0.4) is 0 Å². The van der Waals surface area contributed by atoms with Crippen molar-refractivity contribution >= 4 is 80.9 Å². The SMILES string of the molecule is c1ccc(-c2ccccc2N(c2ccc(-c3cc4ccccc4c4ccccc34)cc2)c2ccc3ccc4c5ccccc5sc4c3c2)cc1. The number of para-hydroxylation sites is 1. The first-order valence-corrected chi connectivity index (χ1v) is 17.9. The minimum Gasteiger partial charge on any atom is -0.310 e. The molecule has 0 saturated heterocycles. The highest BCUT2D eigenvalue weighted by molar-refractivity contribution is 7.26. The normalized spacial score (nSPS) is 11.6. The van der Waals surface area contributed by atoms with E-state index >= 15 is 0 Å². The van der Waals surface area contributed by atoms with Gasteiger partial charge in [0, 0.05) is 42.5 Å². The van der Waals surface area contributed by atoms with Crippen LogP contribution in [0.5, 0.6) is 0 Å². The predicted octanol–water partition coefficient (Wildman–Crippen LogP) is 14.3. The Kier molecular flexibility index (Phi) is 6.75. The lowest BCUT2D eigenvalue weighted by Gasteiger charge is -2.28. The van der Waals surface area contributed by atoms with Crippen molar-refractivity contribution in [2.75, 3.05) is 4.90 Å². The molecular formula is C48H31NS. The summed E-state index contributed by atoms with van der Waals surface area (Å²) in [5.74, 6) is 0. The van der Waals surface area contributed by atoms with Gasteiger partial charge in [0.2, 0.25) is 0 Å². The lowest BCUT2D eigenvalue weighted by molar-refractivity contribution is 1.29. The molecule has 0 saturated carbocycles. The van der Waals surface area contributed by atoms with Crippen LogP contribution >= 0.6 is 11.3 Å². The molecule has 50 heavy (non-hydrogen) atoms. The summed E-state index contributed by atoms with van der Waals surface area (Å²) < 4.78 is 2.66. The Bertz CT molecular complexity index is 2870. The van der Waals surface area contributed by atoms with Crippen LogP contribution in [0.1, 0.15) is 0 Å². The first kappa shape index (κ1) is 28.8. The number of fused-ring (bicyclic) bond motifs is 8. The number of benzene rings is 9. The smallest absolute Gasteiger partial charge is 0.0540 e. The molecule has 0 spiro atoms. The third kappa shape index (κ3) is 4.69. The molecule has 0 amide bonds. The highest BCUT2D eigenvalue weighted by Crippen LogP contribution is 2.45. The number of rotatable bonds is 5. The number of thiophene rings is 1. The minimum absolute atomic E-state index is 1.12. The molecule has 0 unspecified atom stereocenters. The summed E-state index contributed by atoms with van der Waals surface area (Å²) in [7, 11) is 0. The first-order valence-electron chi connectivity index (χ1n) is 17.1. The van der Waals surface area contributed by atoms with Gasteiger partial charge in [0.15, 0.2) is 0 Å². The Labute approximate surface area is 294 Å². The molecule has 10 aromatic rings. The molecule has 1 heterocycles. The van der Waals surface area contributed by atoms with E-state index in [0.29, 0.717) is 0 Å². The van der Waals surface area contributed by atoms with Crippen LogP contribution in [0.15, 0.2) is 188 Å². The standard InChI is InChI=1S/C48H31NS/c1-2-12-32(13-3-1)39-16-8-10-20-46(39)49(37-28-24-34-25-29-43-42-19-9-11-21-47(42)50-48(43)45(34)31-37)36-26-22-33(23-27-36)44-30-35-14-4-5-15-38(35)40-17-6-7-18-41(40)44/h1-31H. The Balaban J connectivity index is 1.18. The maximum atomic E-state index is 2.43. The average Bonchev–Trinajstić information content (AvgIpc) is 3.58. The van der Waals surface area contributed by atoms with Crippen molar-refractivity contribution in [3.63, 3.8) is 0 Å². The summed E-state index contributed by atoms with van der Waals surface area (Å²) in [6.07, 6.45) is 0. The Morgan fingerprint density at radius 2 is 0.980 bits per heavy atom. The molecule has 0 atom stereocenters. The van der Waals surface area contributed by atoms with Gasteiger partial charge >= 0.3 is 0 Å². The van der Waals surface area contributed by atoms with Crippen LogP contribution in [0.25, 0.3) is 74.7 Å². The summed E-state index contributed by atoms with van der Waals surface area (Å²) in [6, 6.07) is 68.7. The van der Waals surface area contributed by atoms with E-state index in [-0.39, 0.29) is 0 Å². The van der Waals surface area contributed by atoms with E-state index in [9.17, 15) is 0 Å². The quantitative estimate of drug-likeness (QED) is 0.167. The molecule has 10 rings (SSSR count). The van der Waals surface area contributed by atoms with Crippen LogP contribution in [-0.2, 0) is 0 Å². The molecule has 0 radical (unpaired) electrons. The second-order valence-electron chi connectivity index (χ2n) is 12.9. The zero-order chi connectivity index (χ0) is 33.0. The molecule has 0 aliphatic carbocycles. The van der Waals surface area contributed by atoms with Gasteiger partial charge in [0.1, 0.15) is 0 Å². The molecular weight excluding hydrogens is 623 g/mol. The first-order chi connectivity index (χ1) is 24.8. The van der Waals surface area contributed by atoms with Crippen molar-refractivity contribution < 1.29 is 0 Å². The Hall–Kier alpha value is -6.22. The van der Waals surface area contributed by atoms with E-state index in [0.717, 1.165) is 17.1 Å². The van der Waals surface area contributed by atoms with Gasteiger partial charge < -0.3 is 4.90 Å². The number of anilines is 3. The van der Waals surface area contributed by atoms with E-state index in [1.54, 1.807) is 0 Å². The molecule has 9 aromatic carbocycles. The van der Waals surface area contributed by atoms with Gasteiger partial charge in [-0.2, -0.15) is 0 Å². The van der Waals surface area contributed by atoms with E-state index in [2.05, 4.69) is 193 Å². The number of nitrogens with zero attached hydrogens (tertiary/aromatic N) is 1. The topological polar surface area (TPSA) is 3.24 Å². The highest BCUT2D eigenvalue weighted by Gasteiger charge is 2.19. The van der Waals surface area contributed by atoms with Gasteiger partial charge in [-0.25, -0.2) is 0 Å². The molecule has 0 N–H and O–H groups in total. The van der Waals surface area contributed by atoms with Gasteiger partial charge in [-0.15, -0.1) is 11.3 Å². The third-order valence-electron chi connectivity index (χ3n) is 10.0. The molecule has 0 aliphatic heterocycles. The number of hydrogen-bond donors (Lipinski definition) is 0. The van der Waals surface area contributed by atoms with Gasteiger partial charge in [0.05, 0.1) is 5.69 Å². The summed E-state index contributed by atoms with van der Waals surface area (Å²) in [6.45, 7) is 0. The third-order valence-corrected chi connectivity index (χ3v) is 11.3. The van der Waals surface area contributed by atoms with Crippen LogP contribution in [0.2, 0.25) is 0 Å². The monoisotopic (exact) mass is 653 g/mol. The molecule has 234 valence electrons. The van der Waals surface area contributed by atoms with Gasteiger partial charge in [-0.3, -0.25) is 0 Å². The average molecular weight is 654 g/mol. The summed E-state index contributed by atoms with van der Waals surface area (Å²) in [5.41, 5.74) is 8.24. The zero-order valence-electron chi connectivity index (χ0n) is 27.3. The van der Waals surface area contributed by atoms with Crippen LogP contribution in [0.4, 0.5) is 17.1 Å². The van der Waals surface area contributed by atoms with Crippen LogP contribution in [-0.4, -0.2) is 0 Å². The van der Waals surface area contributed by atoms with E-state index in [1.165, 1.54) is 74.7 Å². The van der Waals surface area contributed by atoms with Crippen molar-refractivity contribution in [1.82, 2.24) is 0 Å². The number of hydrogen-bond acceptors (Lipinski definition) is 2. The summed E-state index contributed by atoms with van der Waals surface area (Å²) >= 11 is 1.89. The predicted molar refractivity (Wildman–Crippen MR) is 217 cm³/mol.